The lowest BCUT2D eigenvalue weighted by molar-refractivity contribution is 0.0813. The van der Waals surface area contributed by atoms with Crippen LogP contribution in [0.4, 0.5) is 0 Å². The summed E-state index contributed by atoms with van der Waals surface area (Å²) in [5, 5.41) is 9.66. The molecule has 0 spiro atoms. The number of hydrogen-bond donors (Lipinski definition) is 1. The predicted molar refractivity (Wildman–Crippen MR) is 110 cm³/mol. The first-order valence-corrected chi connectivity index (χ1v) is 11.0. The lowest BCUT2D eigenvalue weighted by Gasteiger charge is -2.37. The minimum Gasteiger partial charge on any atom is -0.487 e. The van der Waals surface area contributed by atoms with E-state index in [4.69, 9.17) is 4.74 Å². The Balaban J connectivity index is 2.14. The summed E-state index contributed by atoms with van der Waals surface area (Å²) in [6.07, 6.45) is 4.58. The van der Waals surface area contributed by atoms with E-state index >= 15 is 0 Å². The second-order valence-corrected chi connectivity index (χ2v) is 9.65. The van der Waals surface area contributed by atoms with Gasteiger partial charge in [-0.1, -0.05) is 13.0 Å². The van der Waals surface area contributed by atoms with Crippen molar-refractivity contribution in [3.05, 3.63) is 36.9 Å². The third-order valence-corrected chi connectivity index (χ3v) is 7.13. The fourth-order valence-corrected chi connectivity index (χ4v) is 5.26. The standard InChI is InChI=1S/C20H28N4O4S/c1-14-10-24(15(2)12-25)29(26,27)20-6-5-16(17-8-21-13-22-9-17)7-18(20)28-19(14)11-23(3)4/h5-9,13-15,19,25H,10-12H2,1-4H3/t14-,15+,19+/m0/s1. The van der Waals surface area contributed by atoms with Crippen molar-refractivity contribution in [2.45, 2.75) is 30.9 Å². The van der Waals surface area contributed by atoms with Crippen molar-refractivity contribution in [1.29, 1.82) is 0 Å². The number of hydrogen-bond acceptors (Lipinski definition) is 7. The van der Waals surface area contributed by atoms with E-state index < -0.39 is 16.1 Å². The topological polar surface area (TPSA) is 95.9 Å². The normalized spacial score (nSPS) is 23.0. The van der Waals surface area contributed by atoms with Gasteiger partial charge < -0.3 is 14.7 Å². The molecule has 0 radical (unpaired) electrons. The van der Waals surface area contributed by atoms with E-state index in [1.165, 1.54) is 10.6 Å². The highest BCUT2D eigenvalue weighted by atomic mass is 32.2. The molecule has 2 aromatic rings. The lowest BCUT2D eigenvalue weighted by Crippen LogP contribution is -2.49. The van der Waals surface area contributed by atoms with E-state index in [0.29, 0.717) is 12.3 Å². The first-order valence-electron chi connectivity index (χ1n) is 9.57. The van der Waals surface area contributed by atoms with Crippen LogP contribution in [0.25, 0.3) is 11.1 Å². The van der Waals surface area contributed by atoms with Gasteiger partial charge in [0.2, 0.25) is 10.0 Å². The monoisotopic (exact) mass is 420 g/mol. The maximum Gasteiger partial charge on any atom is 0.247 e. The van der Waals surface area contributed by atoms with Crippen molar-refractivity contribution in [3.8, 4) is 16.9 Å². The quantitative estimate of drug-likeness (QED) is 0.783. The van der Waals surface area contributed by atoms with Crippen molar-refractivity contribution in [2.24, 2.45) is 5.92 Å². The van der Waals surface area contributed by atoms with Crippen LogP contribution in [0.15, 0.2) is 41.8 Å². The Labute approximate surface area is 172 Å². The Bertz CT molecular complexity index is 937. The van der Waals surface area contributed by atoms with Crippen LogP contribution in [-0.4, -0.2) is 78.6 Å². The molecular formula is C20H28N4O4S. The van der Waals surface area contributed by atoms with E-state index in [-0.39, 0.29) is 30.1 Å². The molecule has 0 unspecified atom stereocenters. The number of fused-ring (bicyclic) bond motifs is 1. The first kappa shape index (κ1) is 21.6. The zero-order valence-corrected chi connectivity index (χ0v) is 18.0. The molecule has 1 aromatic heterocycles. The van der Waals surface area contributed by atoms with Crippen LogP contribution in [0.2, 0.25) is 0 Å². The zero-order chi connectivity index (χ0) is 21.2. The molecule has 3 atom stereocenters. The van der Waals surface area contributed by atoms with Gasteiger partial charge in [0.05, 0.1) is 6.61 Å². The third-order valence-electron chi connectivity index (χ3n) is 5.11. The molecule has 0 bridgehead atoms. The minimum atomic E-state index is -3.83. The molecule has 3 rings (SSSR count). The van der Waals surface area contributed by atoms with Gasteiger partial charge in [-0.05, 0) is 38.7 Å². The third kappa shape index (κ3) is 4.58. The van der Waals surface area contributed by atoms with E-state index in [9.17, 15) is 13.5 Å². The SMILES string of the molecule is C[C@H](CO)N1C[C@H](C)[C@@H](CN(C)C)Oc2cc(-c3cncnc3)ccc2S1(=O)=O. The van der Waals surface area contributed by atoms with Crippen LogP contribution in [0, 0.1) is 5.92 Å². The predicted octanol–water partition coefficient (Wildman–Crippen LogP) is 1.47. The molecule has 1 aromatic carbocycles. The van der Waals surface area contributed by atoms with Gasteiger partial charge in [0, 0.05) is 43.0 Å². The molecule has 2 heterocycles. The van der Waals surface area contributed by atoms with Crippen molar-refractivity contribution in [3.63, 3.8) is 0 Å². The fourth-order valence-electron chi connectivity index (χ4n) is 3.43. The van der Waals surface area contributed by atoms with E-state index in [1.807, 2.05) is 25.9 Å². The van der Waals surface area contributed by atoms with Crippen molar-refractivity contribution in [2.75, 3.05) is 33.8 Å². The molecule has 1 N–H and O–H groups in total. The number of rotatable bonds is 5. The Morgan fingerprint density at radius 3 is 2.59 bits per heavy atom. The van der Waals surface area contributed by atoms with Gasteiger partial charge in [0.25, 0.3) is 0 Å². The van der Waals surface area contributed by atoms with Gasteiger partial charge in [0.15, 0.2) is 0 Å². The molecule has 1 aliphatic heterocycles. The molecule has 0 saturated carbocycles. The Hall–Kier alpha value is -2.07. The first-order chi connectivity index (χ1) is 13.7. The van der Waals surface area contributed by atoms with Crippen molar-refractivity contribution in [1.82, 2.24) is 19.2 Å². The van der Waals surface area contributed by atoms with Gasteiger partial charge in [-0.15, -0.1) is 0 Å². The molecule has 9 heteroatoms. The summed E-state index contributed by atoms with van der Waals surface area (Å²) >= 11 is 0. The van der Waals surface area contributed by atoms with Gasteiger partial charge >= 0.3 is 0 Å². The van der Waals surface area contributed by atoms with Gasteiger partial charge in [-0.25, -0.2) is 18.4 Å². The molecule has 29 heavy (non-hydrogen) atoms. The van der Waals surface area contributed by atoms with E-state index in [1.54, 1.807) is 37.5 Å². The van der Waals surface area contributed by atoms with Crippen LogP contribution in [0.1, 0.15) is 13.8 Å². The van der Waals surface area contributed by atoms with Gasteiger partial charge in [-0.2, -0.15) is 4.31 Å². The fraction of sp³-hybridized carbons (Fsp3) is 0.500. The van der Waals surface area contributed by atoms with Crippen molar-refractivity contribution >= 4 is 10.0 Å². The number of aromatic nitrogens is 2. The van der Waals surface area contributed by atoms with Crippen LogP contribution in [0.3, 0.4) is 0 Å². The van der Waals surface area contributed by atoms with Crippen LogP contribution in [-0.2, 0) is 10.0 Å². The summed E-state index contributed by atoms with van der Waals surface area (Å²) in [7, 11) is 0.0791. The number of ether oxygens (including phenoxy) is 1. The van der Waals surface area contributed by atoms with Crippen LogP contribution >= 0.6 is 0 Å². The Morgan fingerprint density at radius 2 is 1.97 bits per heavy atom. The molecule has 0 fully saturated rings. The average Bonchev–Trinajstić information content (AvgIpc) is 2.70. The number of likely N-dealkylation sites (N-methyl/N-ethyl adjacent to an activating group) is 1. The second-order valence-electron chi connectivity index (χ2n) is 7.79. The number of benzene rings is 1. The summed E-state index contributed by atoms with van der Waals surface area (Å²) in [5.41, 5.74) is 1.55. The molecule has 0 amide bonds. The maximum absolute atomic E-state index is 13.4. The van der Waals surface area contributed by atoms with E-state index in [0.717, 1.165) is 11.1 Å². The molecule has 0 aliphatic carbocycles. The van der Waals surface area contributed by atoms with Gasteiger partial charge in [-0.3, -0.25) is 0 Å². The number of aliphatic hydroxyl groups excluding tert-OH is 1. The van der Waals surface area contributed by atoms with Crippen molar-refractivity contribution < 1.29 is 18.3 Å². The molecule has 8 nitrogen and oxygen atoms in total. The summed E-state index contributed by atoms with van der Waals surface area (Å²) in [5.74, 6) is 0.234. The molecule has 1 aliphatic rings. The van der Waals surface area contributed by atoms with Gasteiger partial charge in [0.1, 0.15) is 23.1 Å². The Morgan fingerprint density at radius 1 is 1.28 bits per heavy atom. The molecular weight excluding hydrogens is 392 g/mol. The highest BCUT2D eigenvalue weighted by Crippen LogP contribution is 2.36. The smallest absolute Gasteiger partial charge is 0.247 e. The average molecular weight is 421 g/mol. The zero-order valence-electron chi connectivity index (χ0n) is 17.2. The molecule has 0 saturated heterocycles. The number of aliphatic hydroxyl groups is 1. The Kier molecular flexibility index (Phi) is 6.52. The summed E-state index contributed by atoms with van der Waals surface area (Å²) in [6, 6.07) is 4.49. The van der Waals surface area contributed by atoms with Crippen LogP contribution in [0.5, 0.6) is 5.75 Å². The second kappa shape index (κ2) is 8.74. The van der Waals surface area contributed by atoms with E-state index in [2.05, 4.69) is 9.97 Å². The molecule has 158 valence electrons. The highest BCUT2D eigenvalue weighted by molar-refractivity contribution is 7.89. The minimum absolute atomic E-state index is 0.0713. The van der Waals surface area contributed by atoms with Crippen LogP contribution < -0.4 is 4.74 Å². The lowest BCUT2D eigenvalue weighted by atomic mass is 10.0. The largest absolute Gasteiger partial charge is 0.487 e. The summed E-state index contributed by atoms with van der Waals surface area (Å²) in [6.45, 7) is 4.35. The number of nitrogens with zero attached hydrogens (tertiary/aromatic N) is 4. The maximum atomic E-state index is 13.4. The number of sulfonamides is 1. The highest BCUT2D eigenvalue weighted by Gasteiger charge is 2.37. The summed E-state index contributed by atoms with van der Waals surface area (Å²) in [4.78, 5) is 10.2. The summed E-state index contributed by atoms with van der Waals surface area (Å²) < 4.78 is 34.4.